The number of likely N-dealkylation sites (N-methyl/N-ethyl adjacent to an activating group) is 1. The summed E-state index contributed by atoms with van der Waals surface area (Å²) < 4.78 is 13.2. The Kier molecular flexibility index (Phi) is 10.3. The zero-order valence-electron chi connectivity index (χ0n) is 25.5. The standard InChI is InChI=1S/C33H29Cl2N7O5/c1-41(25-11-9-23(34)22(30(25)35)19-47-27-6-4-5-26-31(27)40-33(46-3)42(26)2)29(44)18-38-28(43)12-8-20-7-10-24(37-17-20)32(45)39-21-13-15-36-16-14-21/h4-17H,18-19H2,1-3H3,(H,38,43)(H,36,39,45)/b12-8+. The Balaban J connectivity index is 1.17. The Hall–Kier alpha value is -5.46. The molecule has 2 aromatic carbocycles. The average molecular weight is 675 g/mol. The normalized spacial score (nSPS) is 11.0. The first-order valence-corrected chi connectivity index (χ1v) is 14.9. The van der Waals surface area contributed by atoms with Crippen LogP contribution in [0.2, 0.25) is 10.0 Å². The molecule has 0 radical (unpaired) electrons. The lowest BCUT2D eigenvalue weighted by molar-refractivity contribution is -0.122. The van der Waals surface area contributed by atoms with Crippen LogP contribution in [0, 0.1) is 0 Å². The Morgan fingerprint density at radius 3 is 2.55 bits per heavy atom. The summed E-state index contributed by atoms with van der Waals surface area (Å²) in [7, 11) is 4.93. The van der Waals surface area contributed by atoms with Crippen LogP contribution < -0.4 is 25.0 Å². The predicted octanol–water partition coefficient (Wildman–Crippen LogP) is 5.30. The van der Waals surface area contributed by atoms with Gasteiger partial charge in [0.1, 0.15) is 23.6 Å². The van der Waals surface area contributed by atoms with Crippen molar-refractivity contribution in [3.05, 3.63) is 106 Å². The van der Waals surface area contributed by atoms with Gasteiger partial charge < -0.3 is 25.0 Å². The maximum atomic E-state index is 13.0. The van der Waals surface area contributed by atoms with Crippen LogP contribution in [-0.2, 0) is 23.2 Å². The average Bonchev–Trinajstić information content (AvgIpc) is 3.42. The number of hydrogen-bond acceptors (Lipinski definition) is 8. The predicted molar refractivity (Wildman–Crippen MR) is 180 cm³/mol. The van der Waals surface area contributed by atoms with E-state index in [9.17, 15) is 14.4 Å². The summed E-state index contributed by atoms with van der Waals surface area (Å²) in [5.74, 6) is -0.782. The van der Waals surface area contributed by atoms with Crippen LogP contribution in [0.25, 0.3) is 17.1 Å². The minimum absolute atomic E-state index is 0.0122. The van der Waals surface area contributed by atoms with Gasteiger partial charge >= 0.3 is 0 Å². The van der Waals surface area contributed by atoms with Gasteiger partial charge in [-0.15, -0.1) is 0 Å². The van der Waals surface area contributed by atoms with E-state index in [1.165, 1.54) is 29.3 Å². The minimum atomic E-state index is -0.497. The topological polar surface area (TPSA) is 141 Å². The summed E-state index contributed by atoms with van der Waals surface area (Å²) >= 11 is 13.2. The third-order valence-electron chi connectivity index (χ3n) is 7.09. The number of carbonyl (C=O) groups is 3. The molecular weight excluding hydrogens is 645 g/mol. The molecule has 0 bridgehead atoms. The van der Waals surface area contributed by atoms with E-state index in [0.717, 1.165) is 5.52 Å². The van der Waals surface area contributed by atoms with Crippen LogP contribution in [-0.4, -0.2) is 57.9 Å². The highest BCUT2D eigenvalue weighted by atomic mass is 35.5. The highest BCUT2D eigenvalue weighted by Gasteiger charge is 2.20. The van der Waals surface area contributed by atoms with E-state index in [1.54, 1.807) is 67.5 Å². The van der Waals surface area contributed by atoms with Crippen molar-refractivity contribution in [1.29, 1.82) is 0 Å². The number of aromatic nitrogens is 4. The highest BCUT2D eigenvalue weighted by Crippen LogP contribution is 2.35. The van der Waals surface area contributed by atoms with E-state index < -0.39 is 11.8 Å². The second kappa shape index (κ2) is 14.8. The first kappa shape index (κ1) is 32.9. The highest BCUT2D eigenvalue weighted by molar-refractivity contribution is 6.38. The number of pyridine rings is 2. The fourth-order valence-electron chi connectivity index (χ4n) is 4.51. The zero-order chi connectivity index (χ0) is 33.5. The second-order valence-electron chi connectivity index (χ2n) is 10.1. The Labute approximate surface area is 279 Å². The third-order valence-corrected chi connectivity index (χ3v) is 7.86. The molecule has 14 heteroatoms. The van der Waals surface area contributed by atoms with E-state index in [0.29, 0.717) is 44.8 Å². The molecule has 47 heavy (non-hydrogen) atoms. The van der Waals surface area contributed by atoms with E-state index in [1.807, 2.05) is 19.2 Å². The molecule has 0 aliphatic heterocycles. The number of carbonyl (C=O) groups excluding carboxylic acids is 3. The number of anilines is 2. The van der Waals surface area contributed by atoms with Gasteiger partial charge in [-0.2, -0.15) is 4.98 Å². The fraction of sp³-hybridized carbons (Fsp3) is 0.152. The molecule has 0 saturated carbocycles. The number of imidazole rings is 1. The van der Waals surface area contributed by atoms with Crippen LogP contribution in [0.3, 0.4) is 0 Å². The molecule has 2 N–H and O–H groups in total. The van der Waals surface area contributed by atoms with Crippen molar-refractivity contribution in [3.63, 3.8) is 0 Å². The van der Waals surface area contributed by atoms with Gasteiger partial charge in [0.15, 0.2) is 0 Å². The molecule has 5 rings (SSSR count). The molecule has 5 aromatic rings. The summed E-state index contributed by atoms with van der Waals surface area (Å²) in [5, 5.41) is 5.88. The maximum absolute atomic E-state index is 13.0. The van der Waals surface area contributed by atoms with Gasteiger partial charge in [-0.1, -0.05) is 35.3 Å². The number of amides is 3. The van der Waals surface area contributed by atoms with E-state index in [4.69, 9.17) is 32.7 Å². The molecular formula is C33H29Cl2N7O5. The molecule has 3 amide bonds. The SMILES string of the molecule is COc1nc2c(OCc3c(Cl)ccc(N(C)C(=O)CNC(=O)/C=C/c4ccc(C(=O)Nc5ccncc5)nc4)c3Cl)cccc2n1C. The number of aryl methyl sites for hydroxylation is 1. The maximum Gasteiger partial charge on any atom is 0.296 e. The summed E-state index contributed by atoms with van der Waals surface area (Å²) in [4.78, 5) is 51.7. The quantitative estimate of drug-likeness (QED) is 0.180. The third kappa shape index (κ3) is 7.68. The van der Waals surface area contributed by atoms with Gasteiger partial charge in [-0.05, 0) is 54.1 Å². The molecule has 240 valence electrons. The van der Waals surface area contributed by atoms with Gasteiger partial charge in [0.05, 0.1) is 29.9 Å². The molecule has 0 saturated heterocycles. The van der Waals surface area contributed by atoms with E-state index >= 15 is 0 Å². The number of nitrogens with one attached hydrogen (secondary N) is 2. The molecule has 0 atom stereocenters. The molecule has 0 aliphatic rings. The van der Waals surface area contributed by atoms with Crippen molar-refractivity contribution in [2.45, 2.75) is 6.61 Å². The molecule has 0 unspecified atom stereocenters. The van der Waals surface area contributed by atoms with Crippen molar-refractivity contribution in [2.75, 3.05) is 30.9 Å². The number of rotatable bonds is 11. The van der Waals surface area contributed by atoms with Crippen LogP contribution in [0.4, 0.5) is 11.4 Å². The Morgan fingerprint density at radius 1 is 1.04 bits per heavy atom. The van der Waals surface area contributed by atoms with Crippen LogP contribution in [0.5, 0.6) is 11.8 Å². The monoisotopic (exact) mass is 673 g/mol. The molecule has 0 aliphatic carbocycles. The Morgan fingerprint density at radius 2 is 1.83 bits per heavy atom. The first-order valence-electron chi connectivity index (χ1n) is 14.1. The number of nitrogens with zero attached hydrogens (tertiary/aromatic N) is 5. The van der Waals surface area contributed by atoms with Gasteiger partial charge in [0, 0.05) is 55.0 Å². The lowest BCUT2D eigenvalue weighted by Crippen LogP contribution is -2.37. The van der Waals surface area contributed by atoms with Gasteiger partial charge in [0.2, 0.25) is 11.8 Å². The largest absolute Gasteiger partial charge is 0.486 e. The van der Waals surface area contributed by atoms with E-state index in [-0.39, 0.29) is 29.8 Å². The lowest BCUT2D eigenvalue weighted by atomic mass is 10.2. The van der Waals surface area contributed by atoms with Gasteiger partial charge in [0.25, 0.3) is 11.9 Å². The van der Waals surface area contributed by atoms with Gasteiger partial charge in [-0.25, -0.2) is 0 Å². The molecule has 3 aromatic heterocycles. The number of fused-ring (bicyclic) bond motifs is 1. The summed E-state index contributed by atoms with van der Waals surface area (Å²) in [6.07, 6.45) is 7.38. The van der Waals surface area contributed by atoms with Crippen LogP contribution in [0.15, 0.2) is 79.3 Å². The van der Waals surface area contributed by atoms with Crippen LogP contribution in [0.1, 0.15) is 21.6 Å². The lowest BCUT2D eigenvalue weighted by Gasteiger charge is -2.21. The first-order chi connectivity index (χ1) is 22.7. The van der Waals surface area contributed by atoms with Crippen molar-refractivity contribution in [1.82, 2.24) is 24.8 Å². The number of ether oxygens (including phenoxy) is 2. The smallest absolute Gasteiger partial charge is 0.296 e. The molecule has 0 fully saturated rings. The number of benzene rings is 2. The number of hydrogen-bond donors (Lipinski definition) is 2. The van der Waals surface area contributed by atoms with Crippen molar-refractivity contribution in [2.24, 2.45) is 7.05 Å². The summed E-state index contributed by atoms with van der Waals surface area (Å²) in [5.41, 5.74) is 3.70. The molecule has 3 heterocycles. The molecule has 0 spiro atoms. The van der Waals surface area contributed by atoms with E-state index in [2.05, 4.69) is 25.6 Å². The number of para-hydroxylation sites is 1. The zero-order valence-corrected chi connectivity index (χ0v) is 27.0. The minimum Gasteiger partial charge on any atom is -0.486 e. The van der Waals surface area contributed by atoms with Crippen molar-refractivity contribution >= 4 is 69.4 Å². The van der Waals surface area contributed by atoms with Crippen molar-refractivity contribution < 1.29 is 23.9 Å². The van der Waals surface area contributed by atoms with Crippen LogP contribution >= 0.6 is 23.2 Å². The number of methoxy groups -OCH3 is 1. The summed E-state index contributed by atoms with van der Waals surface area (Å²) in [6.45, 7) is -0.279. The summed E-state index contributed by atoms with van der Waals surface area (Å²) in [6, 6.07) is 15.7. The molecule has 12 nitrogen and oxygen atoms in total. The fourth-order valence-corrected chi connectivity index (χ4v) is 5.11. The van der Waals surface area contributed by atoms with Gasteiger partial charge in [-0.3, -0.25) is 28.9 Å². The van der Waals surface area contributed by atoms with Crippen molar-refractivity contribution in [3.8, 4) is 11.8 Å². The second-order valence-corrected chi connectivity index (χ2v) is 10.9. The number of halogens is 2. The Bertz CT molecular complexity index is 1960.